The lowest BCUT2D eigenvalue weighted by Gasteiger charge is -2.28. The lowest BCUT2D eigenvalue weighted by Crippen LogP contribution is -2.43. The number of pyridine rings is 2. The molecule has 0 saturated carbocycles. The SMILES string of the molecule is COc1ccc2nc(-c3ccc(N4CCNCC4)nc3)cc(NCCCN(C)C)c2c1. The number of nitrogens with zero attached hydrogens (tertiary/aromatic N) is 4. The third-order valence-electron chi connectivity index (χ3n) is 5.60. The number of ether oxygens (including phenoxy) is 1. The van der Waals surface area contributed by atoms with Crippen LogP contribution in [0.3, 0.4) is 0 Å². The molecule has 0 atom stereocenters. The van der Waals surface area contributed by atoms with Crippen molar-refractivity contribution < 1.29 is 4.74 Å². The van der Waals surface area contributed by atoms with Crippen LogP contribution in [0, 0.1) is 0 Å². The lowest BCUT2D eigenvalue weighted by atomic mass is 10.1. The highest BCUT2D eigenvalue weighted by atomic mass is 16.5. The summed E-state index contributed by atoms with van der Waals surface area (Å²) in [4.78, 5) is 14.2. The first-order valence-corrected chi connectivity index (χ1v) is 10.9. The summed E-state index contributed by atoms with van der Waals surface area (Å²) in [6, 6.07) is 12.4. The zero-order valence-electron chi connectivity index (χ0n) is 18.7. The Bertz CT molecular complexity index is 999. The van der Waals surface area contributed by atoms with Crippen molar-refractivity contribution in [3.63, 3.8) is 0 Å². The summed E-state index contributed by atoms with van der Waals surface area (Å²) in [6.07, 6.45) is 3.00. The van der Waals surface area contributed by atoms with Crippen LogP contribution in [0.1, 0.15) is 6.42 Å². The molecule has 1 fully saturated rings. The first-order chi connectivity index (χ1) is 15.1. The Morgan fingerprint density at radius 3 is 2.68 bits per heavy atom. The molecule has 1 aliphatic heterocycles. The van der Waals surface area contributed by atoms with Crippen molar-refractivity contribution in [2.45, 2.75) is 6.42 Å². The van der Waals surface area contributed by atoms with Crippen molar-refractivity contribution in [1.82, 2.24) is 20.2 Å². The van der Waals surface area contributed by atoms with E-state index in [4.69, 9.17) is 14.7 Å². The van der Waals surface area contributed by atoms with Gasteiger partial charge in [0.05, 0.1) is 18.3 Å². The summed E-state index contributed by atoms with van der Waals surface area (Å²) in [5.41, 5.74) is 3.96. The fourth-order valence-electron chi connectivity index (χ4n) is 3.86. The van der Waals surface area contributed by atoms with E-state index in [9.17, 15) is 0 Å². The predicted molar refractivity (Wildman–Crippen MR) is 128 cm³/mol. The van der Waals surface area contributed by atoms with Crippen LogP contribution in [0.25, 0.3) is 22.2 Å². The summed E-state index contributed by atoms with van der Waals surface area (Å²) in [6.45, 7) is 5.93. The quantitative estimate of drug-likeness (QED) is 0.543. The molecule has 7 heteroatoms. The molecule has 2 N–H and O–H groups in total. The van der Waals surface area contributed by atoms with Gasteiger partial charge in [-0.05, 0) is 63.5 Å². The van der Waals surface area contributed by atoms with Gasteiger partial charge in [-0.2, -0.15) is 0 Å². The van der Waals surface area contributed by atoms with E-state index < -0.39 is 0 Å². The first-order valence-electron chi connectivity index (χ1n) is 10.9. The number of hydrogen-bond donors (Lipinski definition) is 2. The molecule has 0 spiro atoms. The molecule has 2 aromatic heterocycles. The zero-order valence-corrected chi connectivity index (χ0v) is 18.7. The van der Waals surface area contributed by atoms with Gasteiger partial charge in [0.15, 0.2) is 0 Å². The molecule has 7 nitrogen and oxygen atoms in total. The first kappa shape index (κ1) is 21.3. The molecule has 3 aromatic rings. The number of rotatable bonds is 8. The fraction of sp³-hybridized carbons (Fsp3) is 0.417. The number of fused-ring (bicyclic) bond motifs is 1. The molecule has 0 radical (unpaired) electrons. The smallest absolute Gasteiger partial charge is 0.128 e. The summed E-state index contributed by atoms with van der Waals surface area (Å²) in [5.74, 6) is 1.86. The Morgan fingerprint density at radius 1 is 1.13 bits per heavy atom. The predicted octanol–water partition coefficient (Wildman–Crippen LogP) is 3.08. The van der Waals surface area contributed by atoms with Crippen LogP contribution in [0.2, 0.25) is 0 Å². The van der Waals surface area contributed by atoms with Crippen LogP contribution in [-0.4, -0.2) is 75.3 Å². The van der Waals surface area contributed by atoms with E-state index in [2.05, 4.69) is 52.7 Å². The van der Waals surface area contributed by atoms with Crippen LogP contribution in [0.4, 0.5) is 11.5 Å². The van der Waals surface area contributed by atoms with E-state index >= 15 is 0 Å². The number of nitrogens with one attached hydrogen (secondary N) is 2. The Balaban J connectivity index is 1.62. The summed E-state index contributed by atoms with van der Waals surface area (Å²) >= 11 is 0. The lowest BCUT2D eigenvalue weighted by molar-refractivity contribution is 0.405. The van der Waals surface area contributed by atoms with Gasteiger partial charge in [-0.3, -0.25) is 0 Å². The van der Waals surface area contributed by atoms with Gasteiger partial charge >= 0.3 is 0 Å². The Kier molecular flexibility index (Phi) is 6.84. The molecular formula is C24H32N6O. The van der Waals surface area contributed by atoms with Gasteiger partial charge in [-0.15, -0.1) is 0 Å². The number of hydrogen-bond acceptors (Lipinski definition) is 7. The molecule has 0 aliphatic carbocycles. The second-order valence-corrected chi connectivity index (χ2v) is 8.16. The standard InChI is InChI=1S/C24H32N6O/c1-29(2)12-4-9-26-23-16-22(28-21-7-6-19(31-3)15-20(21)23)18-5-8-24(27-17-18)30-13-10-25-11-14-30/h5-8,15-17,25H,4,9-14H2,1-3H3,(H,26,28). The van der Waals surface area contributed by atoms with Crippen LogP contribution in [-0.2, 0) is 0 Å². The number of methoxy groups -OCH3 is 1. The monoisotopic (exact) mass is 420 g/mol. The van der Waals surface area contributed by atoms with E-state index in [0.29, 0.717) is 0 Å². The highest BCUT2D eigenvalue weighted by molar-refractivity contribution is 5.94. The average Bonchev–Trinajstić information content (AvgIpc) is 2.82. The maximum absolute atomic E-state index is 5.44. The highest BCUT2D eigenvalue weighted by Crippen LogP contribution is 2.31. The van der Waals surface area contributed by atoms with Crippen molar-refractivity contribution in [2.75, 3.05) is 70.7 Å². The van der Waals surface area contributed by atoms with Crippen molar-refractivity contribution >= 4 is 22.4 Å². The van der Waals surface area contributed by atoms with Gasteiger partial charge < -0.3 is 25.2 Å². The molecule has 0 bridgehead atoms. The van der Waals surface area contributed by atoms with Crippen LogP contribution < -0.4 is 20.3 Å². The van der Waals surface area contributed by atoms with Crippen molar-refractivity contribution in [1.29, 1.82) is 0 Å². The molecule has 0 unspecified atom stereocenters. The van der Waals surface area contributed by atoms with Crippen LogP contribution in [0.5, 0.6) is 5.75 Å². The van der Waals surface area contributed by atoms with E-state index in [-0.39, 0.29) is 0 Å². The number of anilines is 2. The van der Waals surface area contributed by atoms with E-state index in [1.165, 1.54) is 0 Å². The molecule has 1 aromatic carbocycles. The van der Waals surface area contributed by atoms with Crippen LogP contribution in [0.15, 0.2) is 42.6 Å². The third kappa shape index (κ3) is 5.24. The van der Waals surface area contributed by atoms with Gasteiger partial charge in [-0.25, -0.2) is 9.97 Å². The second kappa shape index (κ2) is 9.94. The topological polar surface area (TPSA) is 65.5 Å². The Morgan fingerprint density at radius 2 is 1.97 bits per heavy atom. The largest absolute Gasteiger partial charge is 0.497 e. The minimum Gasteiger partial charge on any atom is -0.497 e. The number of benzene rings is 1. The zero-order chi connectivity index (χ0) is 21.6. The molecule has 1 aliphatic rings. The molecule has 164 valence electrons. The minimum absolute atomic E-state index is 0.834. The van der Waals surface area contributed by atoms with Gasteiger partial charge in [0, 0.05) is 55.6 Å². The molecular weight excluding hydrogens is 388 g/mol. The van der Waals surface area contributed by atoms with Gasteiger partial charge in [0.2, 0.25) is 0 Å². The van der Waals surface area contributed by atoms with Crippen LogP contribution >= 0.6 is 0 Å². The van der Waals surface area contributed by atoms with E-state index in [0.717, 1.165) is 85.1 Å². The van der Waals surface area contributed by atoms with Crippen molar-refractivity contribution in [3.05, 3.63) is 42.6 Å². The van der Waals surface area contributed by atoms with Crippen molar-refractivity contribution in [3.8, 4) is 17.0 Å². The maximum atomic E-state index is 5.44. The fourth-order valence-corrected chi connectivity index (χ4v) is 3.86. The van der Waals surface area contributed by atoms with Gasteiger partial charge in [-0.1, -0.05) is 0 Å². The molecule has 4 rings (SSSR count). The molecule has 3 heterocycles. The number of aromatic nitrogens is 2. The maximum Gasteiger partial charge on any atom is 0.128 e. The normalized spacial score (nSPS) is 14.3. The molecule has 0 amide bonds. The van der Waals surface area contributed by atoms with Gasteiger partial charge in [0.1, 0.15) is 11.6 Å². The summed E-state index contributed by atoms with van der Waals surface area (Å²) < 4.78 is 5.44. The van der Waals surface area contributed by atoms with E-state index in [1.807, 2.05) is 24.4 Å². The summed E-state index contributed by atoms with van der Waals surface area (Å²) in [7, 11) is 5.89. The van der Waals surface area contributed by atoms with Crippen molar-refractivity contribution in [2.24, 2.45) is 0 Å². The number of piperazine rings is 1. The molecule has 1 saturated heterocycles. The molecule has 31 heavy (non-hydrogen) atoms. The minimum atomic E-state index is 0.834. The summed E-state index contributed by atoms with van der Waals surface area (Å²) in [5, 5.41) is 8.06. The highest BCUT2D eigenvalue weighted by Gasteiger charge is 2.13. The Hall–Kier alpha value is -2.90. The Labute approximate surface area is 184 Å². The average molecular weight is 421 g/mol. The second-order valence-electron chi connectivity index (χ2n) is 8.16. The van der Waals surface area contributed by atoms with E-state index in [1.54, 1.807) is 7.11 Å². The van der Waals surface area contributed by atoms with Gasteiger partial charge in [0.25, 0.3) is 0 Å². The third-order valence-corrected chi connectivity index (χ3v) is 5.60.